The van der Waals surface area contributed by atoms with Crippen molar-refractivity contribution in [3.63, 3.8) is 0 Å². The second kappa shape index (κ2) is 3.33. The molecule has 0 aliphatic carbocycles. The fraction of sp³-hybridized carbons (Fsp3) is 0.143. The molecule has 2 aromatic rings. The molecule has 0 N–H and O–H groups in total. The minimum absolute atomic E-state index is 0.323. The summed E-state index contributed by atoms with van der Waals surface area (Å²) in [5, 5.41) is 0.795. The first-order chi connectivity index (χ1) is 6.20. The van der Waals surface area contributed by atoms with Crippen LogP contribution in [0.3, 0.4) is 0 Å². The molecular formula is C7H4Cl3N3. The van der Waals surface area contributed by atoms with Crippen molar-refractivity contribution in [2.75, 3.05) is 0 Å². The molecule has 0 saturated carbocycles. The number of imidazole rings is 1. The van der Waals surface area contributed by atoms with E-state index in [1.807, 2.05) is 0 Å². The summed E-state index contributed by atoms with van der Waals surface area (Å²) in [6, 6.07) is 1.55. The fourth-order valence-electron chi connectivity index (χ4n) is 1.01. The number of hydrogen-bond donors (Lipinski definition) is 0. The fourth-order valence-corrected chi connectivity index (χ4v) is 1.61. The van der Waals surface area contributed by atoms with E-state index in [-0.39, 0.29) is 0 Å². The van der Waals surface area contributed by atoms with Crippen molar-refractivity contribution in [3.8, 4) is 0 Å². The Labute approximate surface area is 89.3 Å². The molecule has 0 bridgehead atoms. The van der Waals surface area contributed by atoms with Crippen molar-refractivity contribution in [3.05, 3.63) is 28.3 Å². The topological polar surface area (TPSA) is 30.2 Å². The van der Waals surface area contributed by atoms with Crippen LogP contribution in [0.25, 0.3) is 5.78 Å². The third kappa shape index (κ3) is 1.59. The molecule has 6 heteroatoms. The number of fused-ring (bicyclic) bond motifs is 1. The van der Waals surface area contributed by atoms with Crippen LogP contribution in [0, 0.1) is 0 Å². The number of aromatic nitrogens is 3. The SMILES string of the molecule is ClCc1cn2c(Cl)cc(Cl)nc2n1. The monoisotopic (exact) mass is 235 g/mol. The first-order valence-electron chi connectivity index (χ1n) is 3.46. The average molecular weight is 236 g/mol. The van der Waals surface area contributed by atoms with Gasteiger partial charge in [-0.15, -0.1) is 11.6 Å². The molecule has 0 unspecified atom stereocenters. The molecule has 0 fully saturated rings. The molecule has 0 amide bonds. The third-order valence-electron chi connectivity index (χ3n) is 1.55. The molecule has 13 heavy (non-hydrogen) atoms. The van der Waals surface area contributed by atoms with Crippen molar-refractivity contribution in [1.29, 1.82) is 0 Å². The van der Waals surface area contributed by atoms with Gasteiger partial charge in [0.15, 0.2) is 0 Å². The van der Waals surface area contributed by atoms with E-state index in [9.17, 15) is 0 Å². The highest BCUT2D eigenvalue weighted by Gasteiger charge is 2.05. The van der Waals surface area contributed by atoms with Gasteiger partial charge in [0.25, 0.3) is 0 Å². The summed E-state index contributed by atoms with van der Waals surface area (Å²) in [7, 11) is 0. The zero-order chi connectivity index (χ0) is 9.42. The van der Waals surface area contributed by atoms with Crippen molar-refractivity contribution in [1.82, 2.24) is 14.4 Å². The van der Waals surface area contributed by atoms with Crippen LogP contribution < -0.4 is 0 Å². The van der Waals surface area contributed by atoms with Gasteiger partial charge in [-0.3, -0.25) is 4.40 Å². The summed E-state index contributed by atoms with van der Waals surface area (Å²) in [5.74, 6) is 0.797. The standard InChI is InChI=1S/C7H4Cl3N3/c8-2-4-3-13-6(10)1-5(9)12-7(13)11-4/h1,3H,2H2. The smallest absolute Gasteiger partial charge is 0.236 e. The number of alkyl halides is 1. The van der Waals surface area contributed by atoms with Crippen LogP contribution in [-0.4, -0.2) is 14.4 Å². The Morgan fingerprint density at radius 1 is 1.31 bits per heavy atom. The summed E-state index contributed by atoms with van der Waals surface area (Å²) in [4.78, 5) is 8.08. The second-order valence-electron chi connectivity index (χ2n) is 2.44. The predicted molar refractivity (Wildman–Crippen MR) is 52.6 cm³/mol. The predicted octanol–water partition coefficient (Wildman–Crippen LogP) is 2.77. The normalized spacial score (nSPS) is 11.0. The van der Waals surface area contributed by atoms with Gasteiger partial charge in [0, 0.05) is 12.3 Å². The molecule has 3 nitrogen and oxygen atoms in total. The largest absolute Gasteiger partial charge is 0.274 e. The van der Waals surface area contributed by atoms with Crippen LogP contribution in [0.15, 0.2) is 12.3 Å². The molecule has 0 radical (unpaired) electrons. The lowest BCUT2D eigenvalue weighted by atomic mass is 10.6. The highest BCUT2D eigenvalue weighted by atomic mass is 35.5. The highest BCUT2D eigenvalue weighted by Crippen LogP contribution is 2.17. The molecule has 0 atom stereocenters. The summed E-state index contributed by atoms with van der Waals surface area (Å²) in [5.41, 5.74) is 0.721. The maximum atomic E-state index is 5.89. The highest BCUT2D eigenvalue weighted by molar-refractivity contribution is 6.33. The molecule has 68 valence electrons. The van der Waals surface area contributed by atoms with Gasteiger partial charge < -0.3 is 0 Å². The van der Waals surface area contributed by atoms with Gasteiger partial charge in [-0.2, -0.15) is 0 Å². The minimum Gasteiger partial charge on any atom is -0.274 e. The quantitative estimate of drug-likeness (QED) is 0.563. The molecule has 2 heterocycles. The van der Waals surface area contributed by atoms with E-state index >= 15 is 0 Å². The minimum atomic E-state index is 0.323. The van der Waals surface area contributed by atoms with Gasteiger partial charge in [-0.1, -0.05) is 23.2 Å². The van der Waals surface area contributed by atoms with E-state index in [1.165, 1.54) is 0 Å². The van der Waals surface area contributed by atoms with Gasteiger partial charge in [0.2, 0.25) is 5.78 Å². The van der Waals surface area contributed by atoms with Crippen LogP contribution >= 0.6 is 34.8 Å². The average Bonchev–Trinajstić information content (AvgIpc) is 2.47. The Hall–Kier alpha value is -0.510. The lowest BCUT2D eigenvalue weighted by Gasteiger charge is -1.95. The molecule has 0 aliphatic rings. The first kappa shape index (κ1) is 9.06. The summed E-state index contributed by atoms with van der Waals surface area (Å²) >= 11 is 17.2. The molecule has 0 aromatic carbocycles. The molecule has 0 saturated heterocycles. The summed E-state index contributed by atoms with van der Waals surface area (Å²) in [6.45, 7) is 0. The molecule has 2 aromatic heterocycles. The van der Waals surface area contributed by atoms with Gasteiger partial charge in [-0.05, 0) is 0 Å². The van der Waals surface area contributed by atoms with Crippen LogP contribution in [-0.2, 0) is 5.88 Å². The number of hydrogen-bond acceptors (Lipinski definition) is 2. The van der Waals surface area contributed by atoms with E-state index in [0.29, 0.717) is 22.0 Å². The Bertz CT molecular complexity index is 451. The zero-order valence-electron chi connectivity index (χ0n) is 6.34. The van der Waals surface area contributed by atoms with Crippen LogP contribution in [0.1, 0.15) is 5.69 Å². The van der Waals surface area contributed by atoms with Crippen LogP contribution in [0.4, 0.5) is 0 Å². The summed E-state index contributed by atoms with van der Waals surface area (Å²) < 4.78 is 1.63. The number of halogens is 3. The van der Waals surface area contributed by atoms with Gasteiger partial charge in [0.1, 0.15) is 10.3 Å². The third-order valence-corrected chi connectivity index (χ3v) is 2.31. The summed E-state index contributed by atoms with van der Waals surface area (Å²) in [6.07, 6.45) is 1.73. The van der Waals surface area contributed by atoms with Crippen LogP contribution in [0.2, 0.25) is 10.3 Å². The van der Waals surface area contributed by atoms with Gasteiger partial charge >= 0.3 is 0 Å². The molecule has 2 rings (SSSR count). The molecular weight excluding hydrogens is 232 g/mol. The van der Waals surface area contributed by atoms with Crippen LogP contribution in [0.5, 0.6) is 0 Å². The van der Waals surface area contributed by atoms with Gasteiger partial charge in [0.05, 0.1) is 11.6 Å². The first-order valence-corrected chi connectivity index (χ1v) is 4.76. The molecule has 0 spiro atoms. The number of nitrogens with zero attached hydrogens (tertiary/aromatic N) is 3. The second-order valence-corrected chi connectivity index (χ2v) is 3.48. The Morgan fingerprint density at radius 3 is 2.77 bits per heavy atom. The maximum absolute atomic E-state index is 5.89. The van der Waals surface area contributed by atoms with Gasteiger partial charge in [-0.25, -0.2) is 9.97 Å². The Balaban J connectivity index is 2.75. The maximum Gasteiger partial charge on any atom is 0.236 e. The van der Waals surface area contributed by atoms with Crippen molar-refractivity contribution >= 4 is 40.6 Å². The van der Waals surface area contributed by atoms with E-state index in [2.05, 4.69) is 9.97 Å². The molecule has 0 aliphatic heterocycles. The lowest BCUT2D eigenvalue weighted by Crippen LogP contribution is -1.88. The van der Waals surface area contributed by atoms with E-state index in [1.54, 1.807) is 16.7 Å². The zero-order valence-corrected chi connectivity index (χ0v) is 8.61. The Morgan fingerprint density at radius 2 is 2.08 bits per heavy atom. The lowest BCUT2D eigenvalue weighted by molar-refractivity contribution is 1.11. The van der Waals surface area contributed by atoms with Crippen molar-refractivity contribution in [2.24, 2.45) is 0 Å². The van der Waals surface area contributed by atoms with E-state index < -0.39 is 0 Å². The van der Waals surface area contributed by atoms with Crippen molar-refractivity contribution < 1.29 is 0 Å². The Kier molecular flexibility index (Phi) is 2.32. The van der Waals surface area contributed by atoms with E-state index in [0.717, 1.165) is 5.69 Å². The van der Waals surface area contributed by atoms with E-state index in [4.69, 9.17) is 34.8 Å². The number of rotatable bonds is 1. The van der Waals surface area contributed by atoms with Crippen molar-refractivity contribution in [2.45, 2.75) is 5.88 Å².